The van der Waals surface area contributed by atoms with E-state index in [2.05, 4.69) is 46.9 Å². The fourth-order valence-electron chi connectivity index (χ4n) is 9.12. The van der Waals surface area contributed by atoms with Gasteiger partial charge in [-0.05, 0) is 95.7 Å². The molecular weight excluding hydrogens is 959 g/mol. The number of aromatic amines is 1. The lowest BCUT2D eigenvalue weighted by molar-refractivity contribution is -0.148. The number of likely N-dealkylation sites (tertiary alicyclic amines) is 2. The lowest BCUT2D eigenvalue weighted by atomic mass is 9.98. The largest absolute Gasteiger partial charge is 0.370 e. The molecule has 2 aromatic rings. The fraction of sp³-hybridized carbons (Fsp3) is 0.604. The van der Waals surface area contributed by atoms with Crippen molar-refractivity contribution in [2.24, 2.45) is 50.3 Å². The van der Waals surface area contributed by atoms with E-state index in [9.17, 15) is 43.2 Å². The zero-order valence-corrected chi connectivity index (χ0v) is 42.8. The average molecular weight is 1040 g/mol. The van der Waals surface area contributed by atoms with Crippen LogP contribution in [0.3, 0.4) is 0 Å². The number of carbonyl (C=O) groups is 9. The first-order chi connectivity index (χ1) is 35.2. The fourth-order valence-corrected chi connectivity index (χ4v) is 9.12. The van der Waals surface area contributed by atoms with Crippen molar-refractivity contribution < 1.29 is 43.2 Å². The third-order valence-electron chi connectivity index (χ3n) is 13.4. The molecule has 2 aliphatic heterocycles. The molecule has 0 bridgehead atoms. The van der Waals surface area contributed by atoms with Crippen LogP contribution in [-0.4, -0.2) is 161 Å². The van der Waals surface area contributed by atoms with Crippen molar-refractivity contribution in [1.29, 1.82) is 0 Å². The number of carbonyl (C=O) groups excluding carboxylic acids is 9. The molecule has 1 aromatic carbocycles. The number of nitrogens with zero attached hydrogens (tertiary/aromatic N) is 4. The summed E-state index contributed by atoms with van der Waals surface area (Å²) in [5.74, 6) is -6.56. The molecule has 1 unspecified atom stereocenters. The van der Waals surface area contributed by atoms with Gasteiger partial charge in [0.25, 0.3) is 0 Å². The van der Waals surface area contributed by atoms with Crippen LogP contribution in [0.1, 0.15) is 97.0 Å². The lowest BCUT2D eigenvalue weighted by Crippen LogP contribution is -2.59. The SMILES string of the molecule is CCC(C)[C@H](NC(=O)[C@H](CCCN=C(N)N)NC(=O)[C@H](C)NC(=O)[C@H](CCCN=C(N)N)NC(=O)[C@@H]1CCCN1C(=O)[C@@H]1CCCN1C(=O)[C@H](CCC(N)=O)NC(=O)[C@H](Cc1c[nH]c2ccccc12)NC)C(N)=O. The topological polar surface area (TPSA) is 429 Å². The van der Waals surface area contributed by atoms with Crippen molar-refractivity contribution in [1.82, 2.24) is 46.7 Å². The zero-order valence-electron chi connectivity index (χ0n) is 42.8. The van der Waals surface area contributed by atoms with Gasteiger partial charge in [-0.15, -0.1) is 0 Å². The van der Waals surface area contributed by atoms with E-state index in [-0.39, 0.29) is 102 Å². The van der Waals surface area contributed by atoms with Crippen LogP contribution in [0.2, 0.25) is 0 Å². The number of benzene rings is 1. The summed E-state index contributed by atoms with van der Waals surface area (Å²) in [7, 11) is 1.62. The van der Waals surface area contributed by atoms with Gasteiger partial charge < -0.3 is 81.1 Å². The van der Waals surface area contributed by atoms with Crippen LogP contribution >= 0.6 is 0 Å². The van der Waals surface area contributed by atoms with Crippen LogP contribution in [0.4, 0.5) is 0 Å². The maximum atomic E-state index is 14.5. The highest BCUT2D eigenvalue weighted by molar-refractivity contribution is 5.98. The van der Waals surface area contributed by atoms with E-state index in [1.165, 1.54) is 16.7 Å². The third kappa shape index (κ3) is 17.0. The number of H-pyrrole nitrogens is 1. The molecule has 2 aliphatic rings. The van der Waals surface area contributed by atoms with Gasteiger partial charge in [-0.3, -0.25) is 53.1 Å². The number of hydrogen-bond acceptors (Lipinski definition) is 12. The van der Waals surface area contributed by atoms with Crippen molar-refractivity contribution in [2.75, 3.05) is 33.2 Å². The lowest BCUT2D eigenvalue weighted by Gasteiger charge is -2.33. The molecule has 408 valence electrons. The van der Waals surface area contributed by atoms with Gasteiger partial charge in [0.1, 0.15) is 42.3 Å². The van der Waals surface area contributed by atoms with Gasteiger partial charge in [0.15, 0.2) is 11.9 Å². The summed E-state index contributed by atoms with van der Waals surface area (Å²) in [6.07, 6.45) is 4.18. The van der Waals surface area contributed by atoms with E-state index in [1.54, 1.807) is 14.0 Å². The van der Waals surface area contributed by atoms with Crippen LogP contribution in [0.25, 0.3) is 10.9 Å². The Morgan fingerprint density at radius 1 is 0.689 bits per heavy atom. The minimum atomic E-state index is -1.26. The van der Waals surface area contributed by atoms with Gasteiger partial charge in [-0.1, -0.05) is 38.5 Å². The van der Waals surface area contributed by atoms with Crippen molar-refractivity contribution in [2.45, 2.75) is 146 Å². The predicted molar refractivity (Wildman–Crippen MR) is 277 cm³/mol. The molecule has 2 saturated heterocycles. The summed E-state index contributed by atoms with van der Waals surface area (Å²) in [6, 6.07) is -1.11. The van der Waals surface area contributed by atoms with E-state index in [4.69, 9.17) is 34.4 Å². The quantitative estimate of drug-likeness (QED) is 0.0215. The summed E-state index contributed by atoms with van der Waals surface area (Å²) in [5, 5.41) is 17.4. The molecule has 3 heterocycles. The second kappa shape index (κ2) is 28.7. The van der Waals surface area contributed by atoms with E-state index in [1.807, 2.05) is 37.4 Å². The van der Waals surface area contributed by atoms with Crippen molar-refractivity contribution in [3.63, 3.8) is 0 Å². The van der Waals surface area contributed by atoms with Crippen LogP contribution in [0, 0.1) is 5.92 Å². The van der Waals surface area contributed by atoms with Crippen LogP contribution in [0.15, 0.2) is 40.4 Å². The monoisotopic (exact) mass is 1040 g/mol. The number of primary amides is 2. The first-order valence-electron chi connectivity index (χ1n) is 25.2. The first kappa shape index (κ1) is 59.1. The molecule has 26 heteroatoms. The van der Waals surface area contributed by atoms with Crippen molar-refractivity contribution >= 4 is 76.0 Å². The molecular formula is C48H77N17O9. The minimum Gasteiger partial charge on any atom is -0.370 e. The summed E-state index contributed by atoms with van der Waals surface area (Å²) in [6.45, 7) is 5.52. The summed E-state index contributed by atoms with van der Waals surface area (Å²) in [5.41, 5.74) is 34.8. The maximum absolute atomic E-state index is 14.5. The minimum absolute atomic E-state index is 0.00278. The molecule has 74 heavy (non-hydrogen) atoms. The number of nitrogens with one attached hydrogen (secondary N) is 7. The van der Waals surface area contributed by atoms with Gasteiger partial charge in [-0.25, -0.2) is 0 Å². The first-order valence-corrected chi connectivity index (χ1v) is 25.2. The number of para-hydroxylation sites is 1. The Balaban J connectivity index is 1.48. The number of guanidine groups is 2. The molecule has 26 nitrogen and oxygen atoms in total. The normalized spacial score (nSPS) is 18.1. The number of amides is 9. The Morgan fingerprint density at radius 2 is 1.26 bits per heavy atom. The highest BCUT2D eigenvalue weighted by Crippen LogP contribution is 2.27. The molecule has 0 spiro atoms. The van der Waals surface area contributed by atoms with E-state index >= 15 is 0 Å². The van der Waals surface area contributed by atoms with Gasteiger partial charge in [-0.2, -0.15) is 0 Å². The zero-order chi connectivity index (χ0) is 54.6. The van der Waals surface area contributed by atoms with Crippen molar-refractivity contribution in [3.8, 4) is 0 Å². The number of aliphatic imine (C=N–C) groups is 2. The molecule has 0 saturated carbocycles. The molecule has 0 radical (unpaired) electrons. The Morgan fingerprint density at radius 3 is 1.85 bits per heavy atom. The summed E-state index contributed by atoms with van der Waals surface area (Å²) in [4.78, 5) is 136. The van der Waals surface area contributed by atoms with Crippen LogP contribution in [0.5, 0.6) is 0 Å². The number of nitrogens with two attached hydrogens (primary N) is 6. The van der Waals surface area contributed by atoms with Crippen molar-refractivity contribution in [3.05, 3.63) is 36.0 Å². The van der Waals surface area contributed by atoms with Gasteiger partial charge in [0, 0.05) is 49.7 Å². The Kier molecular flexibility index (Phi) is 22.9. The Labute approximate surface area is 430 Å². The smallest absolute Gasteiger partial charge is 0.246 e. The van der Waals surface area contributed by atoms with Crippen LogP contribution < -0.4 is 66.3 Å². The molecule has 1 aromatic heterocycles. The molecule has 2 fully saturated rings. The van der Waals surface area contributed by atoms with E-state index in [0.717, 1.165) is 16.5 Å². The number of likely N-dealkylation sites (N-methyl/N-ethyl adjacent to an activating group) is 1. The second-order valence-electron chi connectivity index (χ2n) is 18.9. The molecule has 4 rings (SSSR count). The highest BCUT2D eigenvalue weighted by Gasteiger charge is 2.44. The summed E-state index contributed by atoms with van der Waals surface area (Å²) < 4.78 is 0. The molecule has 0 aliphatic carbocycles. The van der Waals surface area contributed by atoms with Gasteiger partial charge >= 0.3 is 0 Å². The van der Waals surface area contributed by atoms with Gasteiger partial charge in [0.2, 0.25) is 53.2 Å². The average Bonchev–Trinajstić information content (AvgIpc) is 4.15. The van der Waals surface area contributed by atoms with Crippen LogP contribution in [-0.2, 0) is 49.6 Å². The summed E-state index contributed by atoms with van der Waals surface area (Å²) >= 11 is 0. The number of fused-ring (bicyclic) bond motifs is 1. The molecule has 9 atom stereocenters. The number of hydrogen-bond donors (Lipinski definition) is 13. The maximum Gasteiger partial charge on any atom is 0.246 e. The highest BCUT2D eigenvalue weighted by atomic mass is 16.2. The molecule has 9 amide bonds. The van der Waals surface area contributed by atoms with E-state index < -0.39 is 101 Å². The molecule has 19 N–H and O–H groups in total. The number of rotatable bonds is 29. The van der Waals surface area contributed by atoms with Gasteiger partial charge in [0.05, 0.1) is 6.04 Å². The Hall–Kier alpha value is -7.51. The third-order valence-corrected chi connectivity index (χ3v) is 13.4. The Bertz CT molecular complexity index is 2370. The predicted octanol–water partition coefficient (Wildman–Crippen LogP) is -3.37. The second-order valence-corrected chi connectivity index (χ2v) is 18.9. The standard InChI is InChI=1S/C48H77N17O9/c1-5-26(2)38(39(50)67)63-42(70)32(15-9-21-57-48(53)54)60-40(68)27(3)59-41(69)31(14-8-20-56-47(51)52)61-44(72)35-16-10-22-64(35)46(74)36-17-11-23-65(36)45(73)33(18-19-37(49)66)62-43(71)34(55-4)24-28-25-58-30-13-7-6-12-29(28)30/h6-7,12-13,25-27,31-36,38,55,58H,5,8-11,14-24H2,1-4H3,(H2,49,66)(H2,50,67)(H,59,69)(H,60,68)(H,61,72)(H,62,71)(H,63,70)(H4,51,52,56)(H4,53,54,57)/t26?,27-,31-,32-,33-,34-,35-,36-,38-/m0/s1. The number of aromatic nitrogens is 1. The van der Waals surface area contributed by atoms with E-state index in [0.29, 0.717) is 19.3 Å².